The molecule has 17 heavy (non-hydrogen) atoms. The van der Waals surface area contributed by atoms with E-state index in [-0.39, 0.29) is 5.91 Å². The highest BCUT2D eigenvalue weighted by molar-refractivity contribution is 5.93. The minimum Gasteiger partial charge on any atom is -0.466 e. The lowest BCUT2D eigenvalue weighted by Crippen LogP contribution is -2.22. The van der Waals surface area contributed by atoms with E-state index >= 15 is 0 Å². The van der Waals surface area contributed by atoms with Crippen molar-refractivity contribution in [3.8, 4) is 0 Å². The Labute approximate surface area is 99.7 Å². The summed E-state index contributed by atoms with van der Waals surface area (Å²) in [5, 5.41) is 2.84. The molecular formula is C13H14N2O2. The third-order valence-electron chi connectivity index (χ3n) is 2.53. The number of aryl methyl sites for hydroxylation is 2. The Morgan fingerprint density at radius 3 is 2.65 bits per heavy atom. The van der Waals surface area contributed by atoms with Crippen LogP contribution < -0.4 is 5.32 Å². The molecule has 2 rings (SSSR count). The smallest absolute Gasteiger partial charge is 0.251 e. The molecular weight excluding hydrogens is 216 g/mol. The van der Waals surface area contributed by atoms with Crippen LogP contribution in [0.25, 0.3) is 0 Å². The summed E-state index contributed by atoms with van der Waals surface area (Å²) in [5.74, 6) is 1.60. The van der Waals surface area contributed by atoms with Gasteiger partial charge in [0.05, 0.1) is 0 Å². The molecule has 0 fully saturated rings. The van der Waals surface area contributed by atoms with Gasteiger partial charge >= 0.3 is 0 Å². The van der Waals surface area contributed by atoms with Crippen LogP contribution in [0.5, 0.6) is 0 Å². The minimum atomic E-state index is -0.106. The number of amides is 1. The maximum absolute atomic E-state index is 11.8. The predicted molar refractivity (Wildman–Crippen MR) is 63.6 cm³/mol. The molecule has 1 amide bonds. The van der Waals surface area contributed by atoms with Gasteiger partial charge in [0.25, 0.3) is 5.91 Å². The molecule has 2 aromatic rings. The van der Waals surface area contributed by atoms with E-state index in [1.165, 1.54) is 0 Å². The van der Waals surface area contributed by atoms with Gasteiger partial charge in [-0.15, -0.1) is 0 Å². The highest BCUT2D eigenvalue weighted by atomic mass is 16.3. The van der Waals surface area contributed by atoms with Gasteiger partial charge in [0.1, 0.15) is 11.5 Å². The highest BCUT2D eigenvalue weighted by Crippen LogP contribution is 2.13. The predicted octanol–water partition coefficient (Wildman–Crippen LogP) is 2.22. The fraction of sp³-hybridized carbons (Fsp3) is 0.231. The van der Waals surface area contributed by atoms with E-state index in [0.29, 0.717) is 12.1 Å². The number of furan rings is 1. The van der Waals surface area contributed by atoms with Crippen LogP contribution in [0, 0.1) is 13.8 Å². The number of carbonyl (C=O) groups is 1. The van der Waals surface area contributed by atoms with E-state index in [1.54, 1.807) is 24.5 Å². The number of nitrogens with zero attached hydrogens (tertiary/aromatic N) is 1. The monoisotopic (exact) mass is 230 g/mol. The van der Waals surface area contributed by atoms with Gasteiger partial charge < -0.3 is 9.73 Å². The molecule has 4 nitrogen and oxygen atoms in total. The third-order valence-corrected chi connectivity index (χ3v) is 2.53. The van der Waals surface area contributed by atoms with Crippen molar-refractivity contribution in [2.24, 2.45) is 0 Å². The van der Waals surface area contributed by atoms with Crippen molar-refractivity contribution in [3.05, 3.63) is 53.2 Å². The lowest BCUT2D eigenvalue weighted by molar-refractivity contribution is 0.0950. The van der Waals surface area contributed by atoms with Crippen LogP contribution in [0.1, 0.15) is 27.4 Å². The molecule has 4 heteroatoms. The summed E-state index contributed by atoms with van der Waals surface area (Å²) in [6.45, 7) is 4.26. The molecule has 0 atom stereocenters. The molecule has 0 radical (unpaired) electrons. The van der Waals surface area contributed by atoms with Crippen LogP contribution in [0.3, 0.4) is 0 Å². The van der Waals surface area contributed by atoms with E-state index in [2.05, 4.69) is 10.3 Å². The van der Waals surface area contributed by atoms with Crippen LogP contribution in [0.2, 0.25) is 0 Å². The van der Waals surface area contributed by atoms with E-state index in [9.17, 15) is 4.79 Å². The second-order valence-corrected chi connectivity index (χ2v) is 3.86. The second-order valence-electron chi connectivity index (χ2n) is 3.86. The van der Waals surface area contributed by atoms with Crippen LogP contribution in [0.15, 0.2) is 35.0 Å². The van der Waals surface area contributed by atoms with Gasteiger partial charge in [-0.1, -0.05) is 0 Å². The summed E-state index contributed by atoms with van der Waals surface area (Å²) in [6.07, 6.45) is 3.20. The summed E-state index contributed by atoms with van der Waals surface area (Å²) in [4.78, 5) is 15.6. The average molecular weight is 230 g/mol. The summed E-state index contributed by atoms with van der Waals surface area (Å²) in [6, 6.07) is 5.30. The zero-order chi connectivity index (χ0) is 12.3. The lowest BCUT2D eigenvalue weighted by atomic mass is 10.2. The fourth-order valence-electron chi connectivity index (χ4n) is 1.64. The normalized spacial score (nSPS) is 10.2. The number of pyridine rings is 1. The van der Waals surface area contributed by atoms with Crippen molar-refractivity contribution >= 4 is 5.91 Å². The molecule has 0 saturated heterocycles. The van der Waals surface area contributed by atoms with Gasteiger partial charge in [0.2, 0.25) is 0 Å². The van der Waals surface area contributed by atoms with Crippen molar-refractivity contribution < 1.29 is 9.21 Å². The second kappa shape index (κ2) is 4.82. The van der Waals surface area contributed by atoms with Crippen LogP contribution in [-0.4, -0.2) is 10.9 Å². The van der Waals surface area contributed by atoms with Gasteiger partial charge in [-0.2, -0.15) is 0 Å². The number of aromatic nitrogens is 1. The van der Waals surface area contributed by atoms with E-state index in [4.69, 9.17) is 4.42 Å². The zero-order valence-corrected chi connectivity index (χ0v) is 9.86. The van der Waals surface area contributed by atoms with Crippen molar-refractivity contribution in [3.63, 3.8) is 0 Å². The van der Waals surface area contributed by atoms with Crippen molar-refractivity contribution in [2.75, 3.05) is 0 Å². The summed E-state index contributed by atoms with van der Waals surface area (Å²) >= 11 is 0. The van der Waals surface area contributed by atoms with Gasteiger partial charge in [0, 0.05) is 30.1 Å². The molecule has 0 spiro atoms. The van der Waals surface area contributed by atoms with E-state index in [1.807, 2.05) is 19.9 Å². The molecule has 0 aliphatic heterocycles. The van der Waals surface area contributed by atoms with Gasteiger partial charge in [-0.3, -0.25) is 9.78 Å². The first kappa shape index (κ1) is 11.4. The summed E-state index contributed by atoms with van der Waals surface area (Å²) in [7, 11) is 0. The Morgan fingerprint density at radius 2 is 2.06 bits per heavy atom. The van der Waals surface area contributed by atoms with Crippen molar-refractivity contribution in [1.82, 2.24) is 10.3 Å². The number of nitrogens with one attached hydrogen (secondary N) is 1. The van der Waals surface area contributed by atoms with Gasteiger partial charge in [0.15, 0.2) is 0 Å². The lowest BCUT2D eigenvalue weighted by Gasteiger charge is -2.03. The standard InChI is InChI=1S/C13H14N2O2/c1-9-7-12(10(2)17-9)8-15-13(16)11-3-5-14-6-4-11/h3-7H,8H2,1-2H3,(H,15,16). The Kier molecular flexibility index (Phi) is 3.23. The van der Waals surface area contributed by atoms with Crippen molar-refractivity contribution in [1.29, 1.82) is 0 Å². The van der Waals surface area contributed by atoms with Gasteiger partial charge in [-0.25, -0.2) is 0 Å². The summed E-state index contributed by atoms with van der Waals surface area (Å²) < 4.78 is 5.39. The highest BCUT2D eigenvalue weighted by Gasteiger charge is 2.08. The first-order chi connectivity index (χ1) is 8.16. The Hall–Kier alpha value is -2.10. The maximum Gasteiger partial charge on any atom is 0.251 e. The largest absolute Gasteiger partial charge is 0.466 e. The molecule has 0 aliphatic carbocycles. The maximum atomic E-state index is 11.8. The summed E-state index contributed by atoms with van der Waals surface area (Å²) in [5.41, 5.74) is 1.61. The van der Waals surface area contributed by atoms with E-state index < -0.39 is 0 Å². The molecule has 0 aliphatic rings. The van der Waals surface area contributed by atoms with Crippen LogP contribution >= 0.6 is 0 Å². The molecule has 88 valence electrons. The number of hydrogen-bond acceptors (Lipinski definition) is 3. The topological polar surface area (TPSA) is 55.1 Å². The Balaban J connectivity index is 1.99. The molecule has 0 aromatic carbocycles. The fourth-order valence-corrected chi connectivity index (χ4v) is 1.64. The molecule has 2 heterocycles. The Bertz CT molecular complexity index is 517. The van der Waals surface area contributed by atoms with Gasteiger partial charge in [-0.05, 0) is 32.0 Å². The molecule has 0 unspecified atom stereocenters. The molecule has 0 saturated carbocycles. The molecule has 0 bridgehead atoms. The first-order valence-electron chi connectivity index (χ1n) is 5.41. The number of hydrogen-bond donors (Lipinski definition) is 1. The minimum absolute atomic E-state index is 0.106. The molecule has 2 aromatic heterocycles. The number of rotatable bonds is 3. The zero-order valence-electron chi connectivity index (χ0n) is 9.86. The van der Waals surface area contributed by atoms with Crippen LogP contribution in [0.4, 0.5) is 0 Å². The van der Waals surface area contributed by atoms with Crippen LogP contribution in [-0.2, 0) is 6.54 Å². The first-order valence-corrected chi connectivity index (χ1v) is 5.41. The van der Waals surface area contributed by atoms with Crippen molar-refractivity contribution in [2.45, 2.75) is 20.4 Å². The molecule has 1 N–H and O–H groups in total. The number of carbonyl (C=O) groups excluding carboxylic acids is 1. The third kappa shape index (κ3) is 2.72. The van der Waals surface area contributed by atoms with E-state index in [0.717, 1.165) is 17.1 Å². The average Bonchev–Trinajstić information content (AvgIpc) is 2.66. The SMILES string of the molecule is Cc1cc(CNC(=O)c2ccncc2)c(C)o1. The Morgan fingerprint density at radius 1 is 1.35 bits per heavy atom. The quantitative estimate of drug-likeness (QED) is 0.879.